The van der Waals surface area contributed by atoms with E-state index in [1.165, 1.54) is 0 Å². The molecule has 0 saturated carbocycles. The number of aryl methyl sites for hydroxylation is 2. The molecule has 1 aliphatic heterocycles. The van der Waals surface area contributed by atoms with Crippen molar-refractivity contribution in [3.05, 3.63) is 59.1 Å². The van der Waals surface area contributed by atoms with Gasteiger partial charge in [0.15, 0.2) is 0 Å². The summed E-state index contributed by atoms with van der Waals surface area (Å²) >= 11 is 0. The van der Waals surface area contributed by atoms with Crippen molar-refractivity contribution >= 4 is 5.82 Å². The molecule has 3 heterocycles. The highest BCUT2D eigenvalue weighted by molar-refractivity contribution is 5.53. The maximum Gasteiger partial charge on any atom is 0.149 e. The molecule has 0 unspecified atom stereocenters. The van der Waals surface area contributed by atoms with Gasteiger partial charge in [0.25, 0.3) is 0 Å². The van der Waals surface area contributed by atoms with Gasteiger partial charge in [0.1, 0.15) is 36.2 Å². The van der Waals surface area contributed by atoms with E-state index in [4.69, 9.17) is 9.72 Å². The molecule has 4 rings (SSSR count). The highest BCUT2D eigenvalue weighted by Gasteiger charge is 2.25. The van der Waals surface area contributed by atoms with Gasteiger partial charge in [0.2, 0.25) is 0 Å². The van der Waals surface area contributed by atoms with Crippen LogP contribution < -0.4 is 10.1 Å². The third-order valence-electron chi connectivity index (χ3n) is 4.89. The van der Waals surface area contributed by atoms with Crippen LogP contribution in [0.2, 0.25) is 0 Å². The number of nitrogens with one attached hydrogen (secondary N) is 1. The van der Waals surface area contributed by atoms with E-state index in [0.29, 0.717) is 12.5 Å². The van der Waals surface area contributed by atoms with Gasteiger partial charge in [-0.2, -0.15) is 5.10 Å². The van der Waals surface area contributed by atoms with Gasteiger partial charge in [-0.3, -0.25) is 4.68 Å². The molecule has 0 amide bonds. The lowest BCUT2D eigenvalue weighted by Gasteiger charge is -2.24. The molecular formula is C20H24N6O. The average molecular weight is 364 g/mol. The zero-order chi connectivity index (χ0) is 19.0. The standard InChI is InChI=1S/C20H24N6O/c1-12(2)18(20-21-11-22-26(20)4)25-19-15-9-14-7-5-6-8-17(14)27-10-16(15)23-13(3)24-19/h5-8,11-12,18H,9-10H2,1-4H3,(H,23,24,25)/t18-/m0/s1. The SMILES string of the molecule is Cc1nc2c(c(N[C@H](c3ncnn3C)C(C)C)n1)Cc1ccccc1OC2. The lowest BCUT2D eigenvalue weighted by Crippen LogP contribution is -2.23. The Morgan fingerprint density at radius 2 is 2.00 bits per heavy atom. The lowest BCUT2D eigenvalue weighted by atomic mass is 10.0. The van der Waals surface area contributed by atoms with Crippen LogP contribution in [0.4, 0.5) is 5.82 Å². The van der Waals surface area contributed by atoms with Crippen LogP contribution in [0.5, 0.6) is 5.75 Å². The van der Waals surface area contributed by atoms with E-state index in [0.717, 1.165) is 46.5 Å². The number of fused-ring (bicyclic) bond motifs is 2. The van der Waals surface area contributed by atoms with Gasteiger partial charge >= 0.3 is 0 Å². The van der Waals surface area contributed by atoms with Crippen molar-refractivity contribution in [3.63, 3.8) is 0 Å². The highest BCUT2D eigenvalue weighted by atomic mass is 16.5. The first-order valence-electron chi connectivity index (χ1n) is 9.20. The molecule has 140 valence electrons. The zero-order valence-corrected chi connectivity index (χ0v) is 16.1. The van der Waals surface area contributed by atoms with Crippen molar-refractivity contribution < 1.29 is 4.74 Å². The topological polar surface area (TPSA) is 77.8 Å². The molecule has 1 atom stereocenters. The minimum atomic E-state index is -0.00434. The van der Waals surface area contributed by atoms with E-state index in [1.54, 1.807) is 6.33 Å². The summed E-state index contributed by atoms with van der Waals surface area (Å²) in [6, 6.07) is 8.12. The number of nitrogens with zero attached hydrogens (tertiary/aromatic N) is 5. The summed E-state index contributed by atoms with van der Waals surface area (Å²) in [4.78, 5) is 13.8. The van der Waals surface area contributed by atoms with Gasteiger partial charge in [0.05, 0.1) is 11.7 Å². The minimum Gasteiger partial charge on any atom is -0.487 e. The molecule has 0 radical (unpaired) electrons. The van der Waals surface area contributed by atoms with E-state index in [1.807, 2.05) is 36.9 Å². The molecule has 1 aromatic carbocycles. The van der Waals surface area contributed by atoms with E-state index in [2.05, 4.69) is 40.3 Å². The van der Waals surface area contributed by atoms with Crippen molar-refractivity contribution in [3.8, 4) is 5.75 Å². The van der Waals surface area contributed by atoms with Crippen molar-refractivity contribution in [2.24, 2.45) is 13.0 Å². The second-order valence-electron chi connectivity index (χ2n) is 7.23. The van der Waals surface area contributed by atoms with Crippen LogP contribution in [0, 0.1) is 12.8 Å². The van der Waals surface area contributed by atoms with Gasteiger partial charge in [-0.15, -0.1) is 0 Å². The Bertz CT molecular complexity index is 965. The molecule has 3 aromatic rings. The zero-order valence-electron chi connectivity index (χ0n) is 16.1. The van der Waals surface area contributed by atoms with Gasteiger partial charge in [0, 0.05) is 19.0 Å². The number of hydrogen-bond donors (Lipinski definition) is 1. The van der Waals surface area contributed by atoms with Crippen LogP contribution in [0.15, 0.2) is 30.6 Å². The van der Waals surface area contributed by atoms with Crippen LogP contribution in [0.1, 0.15) is 48.4 Å². The van der Waals surface area contributed by atoms with E-state index < -0.39 is 0 Å². The van der Waals surface area contributed by atoms with Gasteiger partial charge in [-0.25, -0.2) is 15.0 Å². The molecule has 1 N–H and O–H groups in total. The Morgan fingerprint density at radius 3 is 2.74 bits per heavy atom. The largest absolute Gasteiger partial charge is 0.487 e. The Morgan fingerprint density at radius 1 is 1.19 bits per heavy atom. The second kappa shape index (κ2) is 6.98. The number of rotatable bonds is 4. The predicted molar refractivity (Wildman–Crippen MR) is 103 cm³/mol. The van der Waals surface area contributed by atoms with Crippen LogP contribution in [-0.4, -0.2) is 24.7 Å². The summed E-state index contributed by atoms with van der Waals surface area (Å²) in [5.41, 5.74) is 3.16. The number of hydrogen-bond acceptors (Lipinski definition) is 6. The number of para-hydroxylation sites is 1. The smallest absolute Gasteiger partial charge is 0.149 e. The fourth-order valence-electron chi connectivity index (χ4n) is 3.47. The molecule has 0 fully saturated rings. The second-order valence-corrected chi connectivity index (χ2v) is 7.23. The average Bonchev–Trinajstić information content (AvgIpc) is 2.96. The first-order chi connectivity index (χ1) is 13.0. The van der Waals surface area contributed by atoms with E-state index >= 15 is 0 Å². The molecule has 7 nitrogen and oxygen atoms in total. The predicted octanol–water partition coefficient (Wildman–Crippen LogP) is 3.21. The van der Waals surface area contributed by atoms with E-state index in [9.17, 15) is 0 Å². The fraction of sp³-hybridized carbons (Fsp3) is 0.400. The van der Waals surface area contributed by atoms with Crippen LogP contribution >= 0.6 is 0 Å². The molecule has 0 aliphatic carbocycles. The third-order valence-corrected chi connectivity index (χ3v) is 4.89. The molecule has 0 bridgehead atoms. The van der Waals surface area contributed by atoms with Crippen molar-refractivity contribution in [1.82, 2.24) is 24.7 Å². The number of ether oxygens (including phenoxy) is 1. The number of benzene rings is 1. The Labute approximate surface area is 158 Å². The molecule has 0 saturated heterocycles. The van der Waals surface area contributed by atoms with Gasteiger partial charge in [-0.1, -0.05) is 32.0 Å². The summed E-state index contributed by atoms with van der Waals surface area (Å²) in [6.45, 7) is 6.69. The molecule has 0 spiro atoms. The maximum absolute atomic E-state index is 5.98. The third kappa shape index (κ3) is 3.37. The van der Waals surface area contributed by atoms with E-state index in [-0.39, 0.29) is 6.04 Å². The van der Waals surface area contributed by atoms with Gasteiger partial charge in [-0.05, 0) is 24.5 Å². The van der Waals surface area contributed by atoms with Crippen LogP contribution in [-0.2, 0) is 20.1 Å². The van der Waals surface area contributed by atoms with Crippen molar-refractivity contribution in [1.29, 1.82) is 0 Å². The lowest BCUT2D eigenvalue weighted by molar-refractivity contribution is 0.302. The van der Waals surface area contributed by atoms with Crippen molar-refractivity contribution in [2.75, 3.05) is 5.32 Å². The van der Waals surface area contributed by atoms with Crippen molar-refractivity contribution in [2.45, 2.75) is 39.8 Å². The highest BCUT2D eigenvalue weighted by Crippen LogP contribution is 2.33. The number of aromatic nitrogens is 5. The summed E-state index contributed by atoms with van der Waals surface area (Å²) < 4.78 is 7.79. The minimum absolute atomic E-state index is 0.00434. The quantitative estimate of drug-likeness (QED) is 0.766. The molecule has 7 heteroatoms. The summed E-state index contributed by atoms with van der Waals surface area (Å²) in [7, 11) is 1.91. The maximum atomic E-state index is 5.98. The van der Waals surface area contributed by atoms with Gasteiger partial charge < -0.3 is 10.1 Å². The Kier molecular flexibility index (Phi) is 4.51. The fourth-order valence-corrected chi connectivity index (χ4v) is 3.47. The van der Waals surface area contributed by atoms with Crippen LogP contribution in [0.25, 0.3) is 0 Å². The first-order valence-corrected chi connectivity index (χ1v) is 9.20. The number of anilines is 1. The molecule has 27 heavy (non-hydrogen) atoms. The normalized spacial score (nSPS) is 14.1. The molecule has 2 aromatic heterocycles. The molecule has 1 aliphatic rings. The monoisotopic (exact) mass is 364 g/mol. The molecular weight excluding hydrogens is 340 g/mol. The Hall–Kier alpha value is -2.96. The summed E-state index contributed by atoms with van der Waals surface area (Å²) in [5.74, 6) is 3.69. The first kappa shape index (κ1) is 17.5. The Balaban J connectivity index is 1.76. The summed E-state index contributed by atoms with van der Waals surface area (Å²) in [5, 5.41) is 7.84. The summed E-state index contributed by atoms with van der Waals surface area (Å²) in [6.07, 6.45) is 2.32. The van der Waals surface area contributed by atoms with Crippen LogP contribution in [0.3, 0.4) is 0 Å².